The van der Waals surface area contributed by atoms with Crippen molar-refractivity contribution in [1.29, 1.82) is 5.26 Å². The van der Waals surface area contributed by atoms with Crippen LogP contribution in [0.15, 0.2) is 59.7 Å². The molecule has 2 saturated carbocycles. The van der Waals surface area contributed by atoms with Crippen molar-refractivity contribution in [3.05, 3.63) is 82.0 Å². The Morgan fingerprint density at radius 3 is 2.65 bits per heavy atom. The largest absolute Gasteiger partial charge is 0.349 e. The molecule has 3 N–H and O–H groups in total. The number of hydrogen-bond donors (Lipinski definition) is 3. The number of nitrogens with zero attached hydrogens (tertiary/aromatic N) is 3. The first-order chi connectivity index (χ1) is 16.5. The van der Waals surface area contributed by atoms with E-state index < -0.39 is 0 Å². The molecule has 4 aromatic rings. The third kappa shape index (κ3) is 3.28. The average molecular weight is 451 g/mol. The number of aromatic nitrogens is 4. The van der Waals surface area contributed by atoms with E-state index in [0.29, 0.717) is 22.4 Å². The zero-order chi connectivity index (χ0) is 23.3. The lowest BCUT2D eigenvalue weighted by atomic mass is 9.49. The van der Waals surface area contributed by atoms with Crippen molar-refractivity contribution < 1.29 is 4.79 Å². The summed E-state index contributed by atoms with van der Waals surface area (Å²) in [5, 5.41) is 27.9. The molecule has 1 amide bonds. The Bertz CT molecular complexity index is 1500. The Kier molecular flexibility index (Phi) is 4.59. The van der Waals surface area contributed by atoms with Crippen LogP contribution in [0.25, 0.3) is 21.9 Å². The molecule has 0 saturated heterocycles. The second kappa shape index (κ2) is 7.66. The number of carbonyl (C=O) groups excluding carboxylic acids is 1. The van der Waals surface area contributed by atoms with Crippen LogP contribution < -0.4 is 10.9 Å². The van der Waals surface area contributed by atoms with Crippen LogP contribution in [-0.4, -0.2) is 32.3 Å². The molecule has 2 aliphatic carbocycles. The SMILES string of the molecule is N#Cc1cc(C(=O)NC2CC3(C2)CC(c2n[nH]c(=O)c4ccccc24)C3)ccc1-c1cn[nH]c1. The summed E-state index contributed by atoms with van der Waals surface area (Å²) in [6.07, 6.45) is 7.28. The Hall–Kier alpha value is -4.25. The van der Waals surface area contributed by atoms with Crippen LogP contribution in [0, 0.1) is 16.7 Å². The predicted octanol–water partition coefficient (Wildman–Crippen LogP) is 3.64. The normalized spacial score (nSPS) is 23.1. The minimum Gasteiger partial charge on any atom is -0.349 e. The fourth-order valence-corrected chi connectivity index (χ4v) is 5.74. The number of aromatic amines is 2. The van der Waals surface area contributed by atoms with Gasteiger partial charge in [0.15, 0.2) is 0 Å². The van der Waals surface area contributed by atoms with Gasteiger partial charge in [0.2, 0.25) is 0 Å². The molecule has 2 aromatic carbocycles. The number of nitriles is 1. The molecule has 6 rings (SSSR count). The topological polar surface area (TPSA) is 127 Å². The Labute approximate surface area is 195 Å². The van der Waals surface area contributed by atoms with Gasteiger partial charge in [-0.15, -0.1) is 0 Å². The van der Waals surface area contributed by atoms with Gasteiger partial charge in [0.1, 0.15) is 0 Å². The van der Waals surface area contributed by atoms with Crippen molar-refractivity contribution in [3.8, 4) is 17.2 Å². The smallest absolute Gasteiger partial charge is 0.272 e. The molecule has 1 spiro atoms. The lowest BCUT2D eigenvalue weighted by Gasteiger charge is -2.57. The molecule has 34 heavy (non-hydrogen) atoms. The highest BCUT2D eigenvalue weighted by Gasteiger charge is 2.54. The molecule has 168 valence electrons. The Balaban J connectivity index is 1.09. The van der Waals surface area contributed by atoms with Gasteiger partial charge < -0.3 is 5.32 Å². The van der Waals surface area contributed by atoms with E-state index >= 15 is 0 Å². The fourth-order valence-electron chi connectivity index (χ4n) is 5.74. The molecular weight excluding hydrogens is 428 g/mol. The summed E-state index contributed by atoms with van der Waals surface area (Å²) >= 11 is 0. The van der Waals surface area contributed by atoms with Gasteiger partial charge in [-0.25, -0.2) is 5.10 Å². The average Bonchev–Trinajstić information content (AvgIpc) is 3.35. The van der Waals surface area contributed by atoms with E-state index in [0.717, 1.165) is 47.9 Å². The van der Waals surface area contributed by atoms with Crippen LogP contribution in [0.4, 0.5) is 0 Å². The quantitative estimate of drug-likeness (QED) is 0.437. The minimum absolute atomic E-state index is 0.132. The maximum Gasteiger partial charge on any atom is 0.272 e. The number of amides is 1. The van der Waals surface area contributed by atoms with Crippen LogP contribution in [0.1, 0.15) is 53.2 Å². The Morgan fingerprint density at radius 1 is 1.12 bits per heavy atom. The highest BCUT2D eigenvalue weighted by atomic mass is 16.1. The lowest BCUT2D eigenvalue weighted by Crippen LogP contribution is -2.55. The summed E-state index contributed by atoms with van der Waals surface area (Å²) in [5.41, 5.74) is 3.55. The summed E-state index contributed by atoms with van der Waals surface area (Å²) in [6, 6.07) is 15.1. The first kappa shape index (κ1) is 20.4. The first-order valence-electron chi connectivity index (χ1n) is 11.4. The lowest BCUT2D eigenvalue weighted by molar-refractivity contribution is -0.0196. The number of carbonyl (C=O) groups is 1. The van der Waals surface area contributed by atoms with E-state index in [-0.39, 0.29) is 22.9 Å². The van der Waals surface area contributed by atoms with Crippen molar-refractivity contribution in [2.45, 2.75) is 37.6 Å². The van der Waals surface area contributed by atoms with Gasteiger partial charge in [-0.3, -0.25) is 14.7 Å². The standard InChI is InChI=1S/C26H22N6O2/c27-12-16-7-15(5-6-20(16)18-13-28-29-14-18)24(33)30-19-10-26(11-19)8-17(9-26)23-21-3-1-2-4-22(21)25(34)32-31-23/h1-7,13-14,17,19H,8-11H2,(H,28,29)(H,30,33)(H,32,34). The maximum absolute atomic E-state index is 12.8. The van der Waals surface area contributed by atoms with Crippen LogP contribution >= 0.6 is 0 Å². The third-order valence-corrected chi connectivity index (χ3v) is 7.38. The van der Waals surface area contributed by atoms with Gasteiger partial charge in [0.25, 0.3) is 11.5 Å². The molecular formula is C26H22N6O2. The zero-order valence-corrected chi connectivity index (χ0v) is 18.3. The van der Waals surface area contributed by atoms with E-state index in [2.05, 4.69) is 31.8 Å². The zero-order valence-electron chi connectivity index (χ0n) is 18.3. The minimum atomic E-state index is -0.155. The second-order valence-corrected chi connectivity index (χ2v) is 9.53. The molecule has 0 bridgehead atoms. The molecule has 0 unspecified atom stereocenters. The number of fused-ring (bicyclic) bond motifs is 1. The molecule has 2 fully saturated rings. The summed E-state index contributed by atoms with van der Waals surface area (Å²) in [5.74, 6) is 0.173. The number of benzene rings is 2. The predicted molar refractivity (Wildman–Crippen MR) is 126 cm³/mol. The third-order valence-electron chi connectivity index (χ3n) is 7.38. The van der Waals surface area contributed by atoms with E-state index in [9.17, 15) is 14.9 Å². The molecule has 8 heteroatoms. The summed E-state index contributed by atoms with van der Waals surface area (Å²) in [4.78, 5) is 24.9. The Morgan fingerprint density at radius 2 is 1.91 bits per heavy atom. The molecule has 0 radical (unpaired) electrons. The van der Waals surface area contributed by atoms with Crippen molar-refractivity contribution in [2.24, 2.45) is 5.41 Å². The van der Waals surface area contributed by atoms with Gasteiger partial charge in [0.05, 0.1) is 28.9 Å². The van der Waals surface area contributed by atoms with Crippen molar-refractivity contribution >= 4 is 16.7 Å². The van der Waals surface area contributed by atoms with Gasteiger partial charge in [-0.05, 0) is 49.3 Å². The van der Waals surface area contributed by atoms with Crippen molar-refractivity contribution in [3.63, 3.8) is 0 Å². The molecule has 2 heterocycles. The molecule has 8 nitrogen and oxygen atoms in total. The first-order valence-corrected chi connectivity index (χ1v) is 11.4. The van der Waals surface area contributed by atoms with Gasteiger partial charge in [0, 0.05) is 40.2 Å². The van der Waals surface area contributed by atoms with Crippen molar-refractivity contribution in [1.82, 2.24) is 25.7 Å². The van der Waals surface area contributed by atoms with Crippen molar-refractivity contribution in [2.75, 3.05) is 0 Å². The van der Waals surface area contributed by atoms with E-state index in [1.165, 1.54) is 0 Å². The number of rotatable bonds is 4. The summed E-state index contributed by atoms with van der Waals surface area (Å²) in [7, 11) is 0. The summed E-state index contributed by atoms with van der Waals surface area (Å²) < 4.78 is 0. The highest BCUT2D eigenvalue weighted by Crippen LogP contribution is 2.62. The van der Waals surface area contributed by atoms with Gasteiger partial charge in [-0.2, -0.15) is 15.5 Å². The molecule has 0 aliphatic heterocycles. The van der Waals surface area contributed by atoms with Gasteiger partial charge in [-0.1, -0.05) is 24.3 Å². The molecule has 2 aromatic heterocycles. The van der Waals surface area contributed by atoms with E-state index in [4.69, 9.17) is 0 Å². The number of nitrogens with one attached hydrogen (secondary N) is 3. The molecule has 2 aliphatic rings. The number of hydrogen-bond acceptors (Lipinski definition) is 5. The summed E-state index contributed by atoms with van der Waals surface area (Å²) in [6.45, 7) is 0. The fraction of sp³-hybridized carbons (Fsp3) is 0.269. The van der Waals surface area contributed by atoms with Crippen LogP contribution in [0.5, 0.6) is 0 Å². The monoisotopic (exact) mass is 450 g/mol. The van der Waals surface area contributed by atoms with Crippen LogP contribution in [0.3, 0.4) is 0 Å². The maximum atomic E-state index is 12.8. The second-order valence-electron chi connectivity index (χ2n) is 9.53. The number of H-pyrrole nitrogens is 2. The van der Waals surface area contributed by atoms with Crippen LogP contribution in [-0.2, 0) is 0 Å². The highest BCUT2D eigenvalue weighted by molar-refractivity contribution is 5.95. The van der Waals surface area contributed by atoms with E-state index in [1.807, 2.05) is 24.3 Å². The van der Waals surface area contributed by atoms with Crippen LogP contribution in [0.2, 0.25) is 0 Å². The van der Waals surface area contributed by atoms with E-state index in [1.54, 1.807) is 30.6 Å². The molecule has 0 atom stereocenters. The van der Waals surface area contributed by atoms with Gasteiger partial charge >= 0.3 is 0 Å².